The maximum Gasteiger partial charge on any atom is 0.259 e. The lowest BCUT2D eigenvalue weighted by Crippen LogP contribution is -2.47. The summed E-state index contributed by atoms with van der Waals surface area (Å²) in [6, 6.07) is 16.6. The Morgan fingerprint density at radius 3 is 2.74 bits per heavy atom. The van der Waals surface area contributed by atoms with Crippen molar-refractivity contribution in [2.24, 2.45) is 0 Å². The number of rotatable bonds is 7. The summed E-state index contributed by atoms with van der Waals surface area (Å²) in [5, 5.41) is 5.82. The molecule has 0 radical (unpaired) electrons. The minimum absolute atomic E-state index is 0.165. The zero-order chi connectivity index (χ0) is 21.6. The van der Waals surface area contributed by atoms with Gasteiger partial charge in [0.15, 0.2) is 0 Å². The molecule has 1 aliphatic heterocycles. The molecular formula is C23H23N3O3S2. The molecule has 0 spiro atoms. The van der Waals surface area contributed by atoms with E-state index in [4.69, 9.17) is 4.74 Å². The smallest absolute Gasteiger partial charge is 0.259 e. The van der Waals surface area contributed by atoms with Crippen molar-refractivity contribution in [3.8, 4) is 16.3 Å². The first-order chi connectivity index (χ1) is 15.2. The minimum atomic E-state index is -0.514. The van der Waals surface area contributed by atoms with Crippen molar-refractivity contribution in [2.45, 2.75) is 19.5 Å². The van der Waals surface area contributed by atoms with Gasteiger partial charge in [-0.15, -0.1) is 23.1 Å². The molecule has 31 heavy (non-hydrogen) atoms. The standard InChI is InChI=1S/C23H23N3O3S2/c1-2-29-20-11-7-6-10-18(20)23(28)26-15-30-14-19(26)21(27)24-12-17-13-31-22(25-17)16-8-4-3-5-9-16/h3-11,13,19H,2,12,14-15H2,1H3,(H,24,27). The maximum atomic E-state index is 13.1. The van der Waals surface area contributed by atoms with Crippen molar-refractivity contribution in [3.63, 3.8) is 0 Å². The van der Waals surface area contributed by atoms with E-state index in [-0.39, 0.29) is 11.8 Å². The summed E-state index contributed by atoms with van der Waals surface area (Å²) < 4.78 is 5.60. The highest BCUT2D eigenvalue weighted by Crippen LogP contribution is 2.27. The van der Waals surface area contributed by atoms with E-state index < -0.39 is 6.04 Å². The molecular weight excluding hydrogens is 430 g/mol. The van der Waals surface area contributed by atoms with E-state index in [0.717, 1.165) is 16.3 Å². The Morgan fingerprint density at radius 2 is 1.94 bits per heavy atom. The molecule has 3 aromatic rings. The van der Waals surface area contributed by atoms with Crippen molar-refractivity contribution in [3.05, 3.63) is 71.2 Å². The maximum absolute atomic E-state index is 13.1. The Hall–Kier alpha value is -2.84. The fourth-order valence-electron chi connectivity index (χ4n) is 3.34. The predicted molar refractivity (Wildman–Crippen MR) is 124 cm³/mol. The number of para-hydroxylation sites is 1. The predicted octanol–water partition coefficient (Wildman–Crippen LogP) is 4.04. The average Bonchev–Trinajstić information content (AvgIpc) is 3.48. The molecule has 0 saturated carbocycles. The lowest BCUT2D eigenvalue weighted by molar-refractivity contribution is -0.124. The molecule has 4 rings (SSSR count). The first kappa shape index (κ1) is 21.4. The molecule has 1 aliphatic rings. The van der Waals surface area contributed by atoms with Gasteiger partial charge in [0, 0.05) is 16.7 Å². The summed E-state index contributed by atoms with van der Waals surface area (Å²) in [6.07, 6.45) is 0. The van der Waals surface area contributed by atoms with Gasteiger partial charge in [0.05, 0.1) is 30.3 Å². The molecule has 0 bridgehead atoms. The Morgan fingerprint density at radius 1 is 1.16 bits per heavy atom. The zero-order valence-electron chi connectivity index (χ0n) is 17.1. The molecule has 1 N–H and O–H groups in total. The number of thiazole rings is 1. The van der Waals surface area contributed by atoms with Gasteiger partial charge in [0.25, 0.3) is 5.91 Å². The first-order valence-corrected chi connectivity index (χ1v) is 12.1. The summed E-state index contributed by atoms with van der Waals surface area (Å²) in [4.78, 5) is 32.2. The number of hydrogen-bond donors (Lipinski definition) is 1. The minimum Gasteiger partial charge on any atom is -0.493 e. The van der Waals surface area contributed by atoms with Gasteiger partial charge in [-0.2, -0.15) is 0 Å². The van der Waals surface area contributed by atoms with Crippen LogP contribution in [0.15, 0.2) is 60.0 Å². The lowest BCUT2D eigenvalue weighted by Gasteiger charge is -2.24. The first-order valence-electron chi connectivity index (χ1n) is 10.1. The van der Waals surface area contributed by atoms with E-state index in [1.54, 1.807) is 46.2 Å². The molecule has 2 amide bonds. The van der Waals surface area contributed by atoms with Crippen molar-refractivity contribution >= 4 is 34.9 Å². The molecule has 2 aromatic carbocycles. The summed E-state index contributed by atoms with van der Waals surface area (Å²) in [6.45, 7) is 2.69. The summed E-state index contributed by atoms with van der Waals surface area (Å²) in [7, 11) is 0. The van der Waals surface area contributed by atoms with Crippen LogP contribution < -0.4 is 10.1 Å². The van der Waals surface area contributed by atoms with Crippen LogP contribution in [0.3, 0.4) is 0 Å². The van der Waals surface area contributed by atoms with Gasteiger partial charge in [-0.25, -0.2) is 4.98 Å². The van der Waals surface area contributed by atoms with Gasteiger partial charge in [-0.05, 0) is 19.1 Å². The molecule has 8 heteroatoms. The summed E-state index contributed by atoms with van der Waals surface area (Å²) in [5.74, 6) is 1.24. The van der Waals surface area contributed by atoms with Gasteiger partial charge >= 0.3 is 0 Å². The summed E-state index contributed by atoms with van der Waals surface area (Å²) in [5.41, 5.74) is 2.35. The molecule has 6 nitrogen and oxygen atoms in total. The van der Waals surface area contributed by atoms with Crippen LogP contribution in [-0.2, 0) is 11.3 Å². The Bertz CT molecular complexity index is 1050. The average molecular weight is 454 g/mol. The third kappa shape index (κ3) is 4.91. The van der Waals surface area contributed by atoms with Gasteiger partial charge in [0.1, 0.15) is 16.8 Å². The van der Waals surface area contributed by atoms with Crippen LogP contribution in [-0.4, -0.2) is 46.0 Å². The molecule has 0 aliphatic carbocycles. The second kappa shape index (κ2) is 9.98. The van der Waals surface area contributed by atoms with E-state index in [1.165, 1.54) is 0 Å². The van der Waals surface area contributed by atoms with E-state index in [9.17, 15) is 9.59 Å². The molecule has 1 aromatic heterocycles. The van der Waals surface area contributed by atoms with Gasteiger partial charge in [-0.3, -0.25) is 9.59 Å². The number of benzene rings is 2. The van der Waals surface area contributed by atoms with E-state index in [2.05, 4.69) is 10.3 Å². The normalized spacial score (nSPS) is 15.6. The fourth-order valence-corrected chi connectivity index (χ4v) is 5.32. The highest BCUT2D eigenvalue weighted by atomic mass is 32.2. The van der Waals surface area contributed by atoms with Crippen molar-refractivity contribution in [1.29, 1.82) is 0 Å². The van der Waals surface area contributed by atoms with E-state index >= 15 is 0 Å². The Labute approximate surface area is 189 Å². The number of carbonyl (C=O) groups excluding carboxylic acids is 2. The Kier molecular flexibility index (Phi) is 6.89. The SMILES string of the molecule is CCOc1ccccc1C(=O)N1CSCC1C(=O)NCc1csc(-c2ccccc2)n1. The fraction of sp³-hybridized carbons (Fsp3) is 0.261. The van der Waals surface area contributed by atoms with E-state index in [1.807, 2.05) is 48.7 Å². The zero-order valence-corrected chi connectivity index (χ0v) is 18.7. The number of nitrogens with one attached hydrogen (secondary N) is 1. The van der Waals surface area contributed by atoms with Crippen LogP contribution >= 0.6 is 23.1 Å². The molecule has 1 unspecified atom stereocenters. The second-order valence-corrected chi connectivity index (χ2v) is 8.81. The number of aromatic nitrogens is 1. The summed E-state index contributed by atoms with van der Waals surface area (Å²) >= 11 is 3.12. The third-order valence-electron chi connectivity index (χ3n) is 4.88. The van der Waals surface area contributed by atoms with Crippen LogP contribution in [0.4, 0.5) is 0 Å². The third-order valence-corrected chi connectivity index (χ3v) is 6.83. The highest BCUT2D eigenvalue weighted by molar-refractivity contribution is 7.99. The number of hydrogen-bond acceptors (Lipinski definition) is 6. The largest absolute Gasteiger partial charge is 0.493 e. The van der Waals surface area contributed by atoms with Crippen LogP contribution in [0.25, 0.3) is 10.6 Å². The topological polar surface area (TPSA) is 71.5 Å². The quantitative estimate of drug-likeness (QED) is 0.585. The Balaban J connectivity index is 1.41. The number of carbonyl (C=O) groups is 2. The van der Waals surface area contributed by atoms with Crippen LogP contribution in [0.5, 0.6) is 5.75 Å². The van der Waals surface area contributed by atoms with Crippen LogP contribution in [0, 0.1) is 0 Å². The molecule has 2 heterocycles. The van der Waals surface area contributed by atoms with Gasteiger partial charge in [0.2, 0.25) is 5.91 Å². The van der Waals surface area contributed by atoms with Crippen LogP contribution in [0.2, 0.25) is 0 Å². The number of amides is 2. The van der Waals surface area contributed by atoms with E-state index in [0.29, 0.717) is 36.1 Å². The van der Waals surface area contributed by atoms with Crippen LogP contribution in [0.1, 0.15) is 23.0 Å². The number of thioether (sulfide) groups is 1. The van der Waals surface area contributed by atoms with Crippen molar-refractivity contribution in [2.75, 3.05) is 18.2 Å². The lowest BCUT2D eigenvalue weighted by atomic mass is 10.1. The molecule has 160 valence electrons. The number of nitrogens with zero attached hydrogens (tertiary/aromatic N) is 2. The van der Waals surface area contributed by atoms with Crippen molar-refractivity contribution in [1.82, 2.24) is 15.2 Å². The van der Waals surface area contributed by atoms with Gasteiger partial charge < -0.3 is 15.0 Å². The number of ether oxygens (including phenoxy) is 1. The van der Waals surface area contributed by atoms with Crippen molar-refractivity contribution < 1.29 is 14.3 Å². The second-order valence-electron chi connectivity index (χ2n) is 6.95. The highest BCUT2D eigenvalue weighted by Gasteiger charge is 2.36. The van der Waals surface area contributed by atoms with Gasteiger partial charge in [-0.1, -0.05) is 42.5 Å². The molecule has 1 saturated heterocycles. The molecule has 1 fully saturated rings. The monoisotopic (exact) mass is 453 g/mol. The molecule has 1 atom stereocenters.